The number of fused-ring (bicyclic) bond motifs is 3. The molecule has 1 heterocycles. The van der Waals surface area contributed by atoms with E-state index >= 15 is 17.6 Å². The Kier molecular flexibility index (Phi) is 9.91. The predicted molar refractivity (Wildman–Crippen MR) is 252 cm³/mol. The van der Waals surface area contributed by atoms with Gasteiger partial charge in [0, 0.05) is 38.7 Å². The molecule has 0 spiro atoms. The minimum Gasteiger partial charge on any atom is -0.309 e. The molecule has 0 unspecified atom stereocenters. The Hall–Kier alpha value is -7.50. The quantitative estimate of drug-likeness (QED) is 0.141. The van der Waals surface area contributed by atoms with E-state index in [1.807, 2.05) is 36.4 Å². The van der Waals surface area contributed by atoms with E-state index in [1.165, 1.54) is 29.8 Å². The van der Waals surface area contributed by atoms with Crippen LogP contribution in [-0.4, -0.2) is 4.57 Å². The Morgan fingerprint density at radius 3 is 0.984 bits per heavy atom. The van der Waals surface area contributed by atoms with Gasteiger partial charge in [-0.2, -0.15) is 0 Å². The summed E-state index contributed by atoms with van der Waals surface area (Å²) in [7, 11) is 0. The number of hydrogen-bond donors (Lipinski definition) is 0. The summed E-state index contributed by atoms with van der Waals surface area (Å²) >= 11 is 0. The van der Waals surface area contributed by atoms with Crippen molar-refractivity contribution in [1.29, 1.82) is 0 Å². The van der Waals surface area contributed by atoms with E-state index < -0.39 is 0 Å². The normalized spacial score (nSPS) is 11.7. The van der Waals surface area contributed by atoms with Gasteiger partial charge in [-0.1, -0.05) is 124 Å². The molecule has 0 fully saturated rings. The van der Waals surface area contributed by atoms with Crippen LogP contribution in [0.3, 0.4) is 0 Å². The van der Waals surface area contributed by atoms with Crippen molar-refractivity contribution >= 4 is 21.8 Å². The maximum Gasteiger partial charge on any atom is 0.131 e. The Labute approximate surface area is 364 Å². The summed E-state index contributed by atoms with van der Waals surface area (Å²) in [6, 6.07) is 59.2. The highest BCUT2D eigenvalue weighted by Crippen LogP contribution is 2.43. The average molecular weight is 828 g/mol. The van der Waals surface area contributed by atoms with Crippen LogP contribution in [0.4, 0.5) is 17.6 Å². The zero-order chi connectivity index (χ0) is 43.4. The lowest BCUT2D eigenvalue weighted by Gasteiger charge is -2.24. The molecule has 63 heavy (non-hydrogen) atoms. The van der Waals surface area contributed by atoms with Gasteiger partial charge in [0.15, 0.2) is 0 Å². The van der Waals surface area contributed by atoms with Crippen molar-refractivity contribution in [2.45, 2.75) is 26.2 Å². The van der Waals surface area contributed by atoms with Gasteiger partial charge in [0.2, 0.25) is 0 Å². The standard InChI is InChI=1S/C58H41F4N/c1-58(2,3)50-18-8-13-23-57(50)63-55-26-24-36(38-28-40(44-14-4-9-19-51(44)59)32-41(29-38)45-15-5-10-20-52(45)60)34-48(55)49-35-37(25-27-56(49)63)39-30-42(46-16-6-11-21-53(46)61)33-43(31-39)47-17-7-12-22-54(47)62/h4-35H,1-3H3. The molecular weight excluding hydrogens is 787 g/mol. The third kappa shape index (κ3) is 7.29. The molecule has 0 radical (unpaired) electrons. The summed E-state index contributed by atoms with van der Waals surface area (Å²) in [4.78, 5) is 0. The molecule has 0 N–H and O–H groups in total. The van der Waals surface area contributed by atoms with E-state index in [-0.39, 0.29) is 28.7 Å². The Morgan fingerprint density at radius 1 is 0.317 bits per heavy atom. The highest BCUT2D eigenvalue weighted by Gasteiger charge is 2.23. The van der Waals surface area contributed by atoms with Crippen LogP contribution in [-0.2, 0) is 5.41 Å². The molecule has 306 valence electrons. The Morgan fingerprint density at radius 2 is 0.635 bits per heavy atom. The highest BCUT2D eigenvalue weighted by atomic mass is 19.1. The van der Waals surface area contributed by atoms with Crippen LogP contribution in [0.1, 0.15) is 26.3 Å². The van der Waals surface area contributed by atoms with Crippen LogP contribution in [0.2, 0.25) is 0 Å². The van der Waals surface area contributed by atoms with Gasteiger partial charge < -0.3 is 4.57 Å². The number of rotatable bonds is 7. The second-order valence-corrected chi connectivity index (χ2v) is 17.1. The van der Waals surface area contributed by atoms with Gasteiger partial charge in [-0.15, -0.1) is 0 Å². The van der Waals surface area contributed by atoms with Crippen molar-refractivity contribution in [2.24, 2.45) is 0 Å². The van der Waals surface area contributed by atoms with Crippen LogP contribution < -0.4 is 0 Å². The van der Waals surface area contributed by atoms with Crippen molar-refractivity contribution in [3.8, 4) is 72.4 Å². The van der Waals surface area contributed by atoms with E-state index in [1.54, 1.807) is 72.8 Å². The topological polar surface area (TPSA) is 4.93 Å². The molecule has 1 aromatic heterocycles. The second-order valence-electron chi connectivity index (χ2n) is 17.1. The number of benzene rings is 9. The summed E-state index contributed by atoms with van der Waals surface area (Å²) in [5.41, 5.74) is 11.6. The molecule has 0 saturated carbocycles. The van der Waals surface area contributed by atoms with Crippen molar-refractivity contribution < 1.29 is 17.6 Å². The molecular formula is C58H41F4N. The zero-order valence-electron chi connectivity index (χ0n) is 34.9. The molecule has 10 rings (SSSR count). The number of nitrogens with zero attached hydrogens (tertiary/aromatic N) is 1. The van der Waals surface area contributed by atoms with E-state index in [0.717, 1.165) is 49.7 Å². The maximum absolute atomic E-state index is 15.4. The van der Waals surface area contributed by atoms with Gasteiger partial charge in [-0.05, 0) is 146 Å². The van der Waals surface area contributed by atoms with Gasteiger partial charge in [0.05, 0.1) is 11.0 Å². The smallest absolute Gasteiger partial charge is 0.131 e. The molecule has 0 aliphatic carbocycles. The predicted octanol–water partition coefficient (Wildman–Crippen LogP) is 16.6. The molecule has 5 heteroatoms. The number of hydrogen-bond acceptors (Lipinski definition) is 0. The Balaban J connectivity index is 1.24. The number of halogens is 4. The molecule has 0 saturated heterocycles. The second kappa shape index (κ2) is 15.8. The lowest BCUT2D eigenvalue weighted by molar-refractivity contribution is 0.587. The first-order valence-electron chi connectivity index (χ1n) is 21.0. The van der Waals surface area contributed by atoms with Crippen LogP contribution in [0.25, 0.3) is 94.3 Å². The fourth-order valence-electron chi connectivity index (χ4n) is 8.94. The summed E-state index contributed by atoms with van der Waals surface area (Å²) in [5.74, 6) is -1.46. The molecule has 0 aliphatic rings. The van der Waals surface area contributed by atoms with Crippen molar-refractivity contribution in [1.82, 2.24) is 4.57 Å². The van der Waals surface area contributed by atoms with Crippen molar-refractivity contribution in [2.75, 3.05) is 0 Å². The zero-order valence-corrected chi connectivity index (χ0v) is 34.9. The largest absolute Gasteiger partial charge is 0.309 e. The van der Waals surface area contributed by atoms with Crippen molar-refractivity contribution in [3.63, 3.8) is 0 Å². The molecule has 1 nitrogen and oxygen atoms in total. The maximum atomic E-state index is 15.4. The van der Waals surface area contributed by atoms with Gasteiger partial charge in [0.1, 0.15) is 23.3 Å². The van der Waals surface area contributed by atoms with Gasteiger partial charge in [-0.25, -0.2) is 17.6 Å². The van der Waals surface area contributed by atoms with Crippen LogP contribution in [0.5, 0.6) is 0 Å². The van der Waals surface area contributed by atoms with Gasteiger partial charge in [0.25, 0.3) is 0 Å². The lowest BCUT2D eigenvalue weighted by atomic mass is 9.85. The Bertz CT molecular complexity index is 3060. The first-order valence-corrected chi connectivity index (χ1v) is 21.0. The summed E-state index contributed by atoms with van der Waals surface area (Å²) < 4.78 is 64.0. The average Bonchev–Trinajstić information content (AvgIpc) is 3.62. The number of aromatic nitrogens is 1. The van der Waals surface area contributed by atoms with Crippen molar-refractivity contribution in [3.05, 3.63) is 223 Å². The molecule has 0 atom stereocenters. The van der Waals surface area contributed by atoms with E-state index in [0.29, 0.717) is 44.5 Å². The van der Waals surface area contributed by atoms with Crippen LogP contribution >= 0.6 is 0 Å². The monoisotopic (exact) mass is 827 g/mol. The van der Waals surface area contributed by atoms with Gasteiger partial charge in [-0.3, -0.25) is 0 Å². The molecule has 9 aromatic carbocycles. The lowest BCUT2D eigenvalue weighted by Crippen LogP contribution is -2.15. The minimum atomic E-state index is -0.366. The number of para-hydroxylation sites is 1. The SMILES string of the molecule is CC(C)(C)c1ccccc1-n1c2ccc(-c3cc(-c4ccccc4F)cc(-c4ccccc4F)c3)cc2c2cc(-c3cc(-c4ccccc4F)cc(-c4ccccc4F)c3)ccc21. The molecule has 10 aromatic rings. The molecule has 0 amide bonds. The highest BCUT2D eigenvalue weighted by molar-refractivity contribution is 6.12. The summed E-state index contributed by atoms with van der Waals surface area (Å²) in [6.45, 7) is 6.63. The first kappa shape index (κ1) is 39.6. The fourth-order valence-corrected chi connectivity index (χ4v) is 8.94. The first-order chi connectivity index (χ1) is 30.5. The van der Waals surface area contributed by atoms with E-state index in [4.69, 9.17) is 0 Å². The molecule has 0 bridgehead atoms. The van der Waals surface area contributed by atoms with E-state index in [2.05, 4.69) is 86.0 Å². The summed E-state index contributed by atoms with van der Waals surface area (Å²) in [6.07, 6.45) is 0. The third-order valence-corrected chi connectivity index (χ3v) is 12.0. The molecule has 0 aliphatic heterocycles. The van der Waals surface area contributed by atoms with Crippen LogP contribution in [0, 0.1) is 23.3 Å². The fraction of sp³-hybridized carbons (Fsp3) is 0.0690. The van der Waals surface area contributed by atoms with Gasteiger partial charge >= 0.3 is 0 Å². The minimum absolute atomic E-state index is 0.175. The third-order valence-electron chi connectivity index (χ3n) is 12.0. The van der Waals surface area contributed by atoms with E-state index in [9.17, 15) is 0 Å². The van der Waals surface area contributed by atoms with Crippen LogP contribution in [0.15, 0.2) is 194 Å². The summed E-state index contributed by atoms with van der Waals surface area (Å²) in [5, 5.41) is 1.94.